The predicted octanol–water partition coefficient (Wildman–Crippen LogP) is 8.71. The van der Waals surface area contributed by atoms with Crippen molar-refractivity contribution in [3.8, 4) is 16.9 Å². The number of hydrogen-bond donors (Lipinski definition) is 0. The van der Waals surface area contributed by atoms with Gasteiger partial charge in [0.15, 0.2) is 6.10 Å². The van der Waals surface area contributed by atoms with Crippen LogP contribution >= 0.6 is 0 Å². The minimum absolute atomic E-state index is 0.0445. The van der Waals surface area contributed by atoms with Crippen molar-refractivity contribution in [3.05, 3.63) is 82.2 Å². The molecule has 1 aromatic heterocycles. The number of nitrogens with zero attached hydrogens (tertiary/aromatic N) is 2. The minimum atomic E-state index is -5.15. The number of benzene rings is 2. The molecule has 1 saturated heterocycles. The Balaban J connectivity index is 1.39. The van der Waals surface area contributed by atoms with Crippen LogP contribution in [0.2, 0.25) is 0 Å². The molecule has 1 spiro atoms. The van der Waals surface area contributed by atoms with Crippen LogP contribution in [0.5, 0.6) is 5.75 Å². The highest BCUT2D eigenvalue weighted by Gasteiger charge is 2.64. The maximum Gasteiger partial charge on any atom is 0.433 e. The van der Waals surface area contributed by atoms with Gasteiger partial charge >= 0.3 is 30.6 Å². The number of cyclic esters (lactones) is 1. The van der Waals surface area contributed by atoms with Crippen LogP contribution in [0.15, 0.2) is 48.5 Å². The van der Waals surface area contributed by atoms with E-state index in [1.165, 1.54) is 14.2 Å². The summed E-state index contributed by atoms with van der Waals surface area (Å²) in [5.41, 5.74) is -5.50. The molecule has 0 N–H and O–H groups in total. The first-order chi connectivity index (χ1) is 22.9. The lowest BCUT2D eigenvalue weighted by Crippen LogP contribution is -2.36. The molecule has 7 nitrogen and oxygen atoms in total. The monoisotopic (exact) mass is 702 g/mol. The second kappa shape index (κ2) is 11.8. The number of amides is 1. The van der Waals surface area contributed by atoms with Crippen molar-refractivity contribution in [1.82, 2.24) is 9.88 Å². The molecule has 49 heavy (non-hydrogen) atoms. The minimum Gasteiger partial charge on any atom is -0.496 e. The largest absolute Gasteiger partial charge is 0.496 e. The SMILES string of the molecule is COC(=O)C1CC(c2ccc(OC)c(-c3ccc(C(F)(F)F)nc3CN3C(=O)O[C@H](c4cc(C(F)(F)F)cc(C(F)(F)F)c4)C34CC4)c2)C1. The third kappa shape index (κ3) is 6.36. The number of ether oxygens (including phenoxy) is 3. The summed E-state index contributed by atoms with van der Waals surface area (Å²) in [5.74, 6) is -0.486. The van der Waals surface area contributed by atoms with Crippen molar-refractivity contribution >= 4 is 12.1 Å². The molecule has 16 heteroatoms. The van der Waals surface area contributed by atoms with Gasteiger partial charge in [0, 0.05) is 11.1 Å². The number of alkyl halides is 9. The highest BCUT2D eigenvalue weighted by Crippen LogP contribution is 2.58. The second-order valence-electron chi connectivity index (χ2n) is 12.3. The van der Waals surface area contributed by atoms with Gasteiger partial charge in [-0.25, -0.2) is 9.78 Å². The topological polar surface area (TPSA) is 78.0 Å². The number of hydrogen-bond acceptors (Lipinski definition) is 6. The Morgan fingerprint density at radius 3 is 2.02 bits per heavy atom. The number of esters is 1. The average Bonchev–Trinajstić information content (AvgIpc) is 3.76. The van der Waals surface area contributed by atoms with Crippen LogP contribution in [0.1, 0.15) is 71.3 Å². The fourth-order valence-electron chi connectivity index (χ4n) is 6.60. The maximum atomic E-state index is 13.9. The summed E-state index contributed by atoms with van der Waals surface area (Å²) >= 11 is 0. The number of methoxy groups -OCH3 is 2. The standard InChI is InChI=1S/C33H27F9N2O5/c1-47-25-5-3-16(17-9-19(10-17)28(45)48-2)13-23(25)22-4-6-26(33(40,41)42)43-24(22)15-44-29(46)49-27(30(44)7-8-30)18-11-20(31(34,35)36)14-21(12-18)32(37,38)39/h3-6,11-14,17,19,27H,7-10,15H2,1-2H3/t17?,19?,27-/m1/s1. The van der Waals surface area contributed by atoms with E-state index in [1.807, 2.05) is 0 Å². The highest BCUT2D eigenvalue weighted by molar-refractivity contribution is 5.77. The van der Waals surface area contributed by atoms with Crippen molar-refractivity contribution in [1.29, 1.82) is 0 Å². The molecular weight excluding hydrogens is 675 g/mol. The zero-order valence-electron chi connectivity index (χ0n) is 25.7. The lowest BCUT2D eigenvalue weighted by molar-refractivity contribution is -0.149. The van der Waals surface area contributed by atoms with Crippen LogP contribution in [0.3, 0.4) is 0 Å². The molecule has 3 aromatic rings. The van der Waals surface area contributed by atoms with Crippen molar-refractivity contribution in [2.75, 3.05) is 14.2 Å². The average molecular weight is 703 g/mol. The summed E-state index contributed by atoms with van der Waals surface area (Å²) in [4.78, 5) is 30.1. The molecule has 1 aliphatic heterocycles. The van der Waals surface area contributed by atoms with Crippen LogP contribution in [0.25, 0.3) is 11.1 Å². The number of rotatable bonds is 7. The summed E-state index contributed by atoms with van der Waals surface area (Å²) in [7, 11) is 2.63. The Kier molecular flexibility index (Phi) is 8.30. The molecular formula is C33H27F9N2O5. The van der Waals surface area contributed by atoms with Crippen LogP contribution in [0, 0.1) is 5.92 Å². The van der Waals surface area contributed by atoms with Gasteiger partial charge in [0.05, 0.1) is 49.0 Å². The number of carbonyl (C=O) groups is 2. The molecule has 2 heterocycles. The number of pyridine rings is 1. The molecule has 3 fully saturated rings. The third-order valence-electron chi connectivity index (χ3n) is 9.37. The van der Waals surface area contributed by atoms with Crippen molar-refractivity contribution in [3.63, 3.8) is 0 Å². The number of halogens is 9. The predicted molar refractivity (Wildman–Crippen MR) is 152 cm³/mol. The van der Waals surface area contributed by atoms with E-state index in [0.717, 1.165) is 22.6 Å². The summed E-state index contributed by atoms with van der Waals surface area (Å²) in [6, 6.07) is 7.86. The van der Waals surface area contributed by atoms with Gasteiger partial charge in [-0.3, -0.25) is 9.69 Å². The first-order valence-electron chi connectivity index (χ1n) is 15.0. The number of aromatic nitrogens is 1. The highest BCUT2D eigenvalue weighted by atomic mass is 19.4. The fourth-order valence-corrected chi connectivity index (χ4v) is 6.60. The zero-order chi connectivity index (χ0) is 35.7. The molecule has 6 rings (SSSR count). The molecule has 0 bridgehead atoms. The van der Waals surface area contributed by atoms with Crippen molar-refractivity contribution < 1.29 is 63.3 Å². The summed E-state index contributed by atoms with van der Waals surface area (Å²) in [6.45, 7) is -0.610. The first kappa shape index (κ1) is 34.4. The Morgan fingerprint density at radius 2 is 1.49 bits per heavy atom. The van der Waals surface area contributed by atoms with Gasteiger partial charge in [-0.15, -0.1) is 0 Å². The van der Waals surface area contributed by atoms with Gasteiger partial charge in [0.25, 0.3) is 0 Å². The van der Waals surface area contributed by atoms with Gasteiger partial charge in [0.1, 0.15) is 11.4 Å². The fraction of sp³-hybridized carbons (Fsp3) is 0.424. The Hall–Kier alpha value is -4.50. The zero-order valence-corrected chi connectivity index (χ0v) is 25.7. The van der Waals surface area contributed by atoms with Gasteiger partial charge in [0.2, 0.25) is 0 Å². The lowest BCUT2D eigenvalue weighted by Gasteiger charge is -2.34. The van der Waals surface area contributed by atoms with E-state index < -0.39 is 65.2 Å². The van der Waals surface area contributed by atoms with Crippen molar-refractivity contribution in [2.45, 2.75) is 68.3 Å². The third-order valence-corrected chi connectivity index (χ3v) is 9.37. The summed E-state index contributed by atoms with van der Waals surface area (Å²) in [6.07, 6.45) is -16.8. The van der Waals surface area contributed by atoms with E-state index in [4.69, 9.17) is 14.2 Å². The molecule has 1 atom stereocenters. The Labute approximate surface area is 273 Å². The first-order valence-corrected chi connectivity index (χ1v) is 15.0. The molecule has 262 valence electrons. The number of carbonyl (C=O) groups excluding carboxylic acids is 2. The second-order valence-corrected chi connectivity index (χ2v) is 12.3. The smallest absolute Gasteiger partial charge is 0.433 e. The molecule has 1 amide bonds. The van der Waals surface area contributed by atoms with Crippen LogP contribution in [-0.2, 0) is 39.3 Å². The molecule has 0 unspecified atom stereocenters. The summed E-state index contributed by atoms with van der Waals surface area (Å²) < 4.78 is 139. The molecule has 0 radical (unpaired) electrons. The van der Waals surface area contributed by atoms with Crippen LogP contribution in [0.4, 0.5) is 44.3 Å². The van der Waals surface area contributed by atoms with Crippen molar-refractivity contribution in [2.24, 2.45) is 5.92 Å². The lowest BCUT2D eigenvalue weighted by atomic mass is 9.71. The van der Waals surface area contributed by atoms with E-state index in [0.29, 0.717) is 30.5 Å². The van der Waals surface area contributed by atoms with Gasteiger partial charge in [-0.05, 0) is 79.1 Å². The summed E-state index contributed by atoms with van der Waals surface area (Å²) in [5, 5.41) is 0. The van der Waals surface area contributed by atoms with E-state index in [1.54, 1.807) is 18.2 Å². The van der Waals surface area contributed by atoms with E-state index >= 15 is 0 Å². The Bertz CT molecular complexity index is 1760. The maximum absolute atomic E-state index is 13.9. The van der Waals surface area contributed by atoms with E-state index in [2.05, 4.69) is 4.98 Å². The molecule has 2 saturated carbocycles. The quantitative estimate of drug-likeness (QED) is 0.181. The normalized spacial score (nSPS) is 21.7. The molecule has 2 aromatic carbocycles. The molecule has 3 aliphatic rings. The van der Waals surface area contributed by atoms with E-state index in [-0.39, 0.29) is 53.7 Å². The van der Waals surface area contributed by atoms with Gasteiger partial charge in [-0.1, -0.05) is 12.1 Å². The Morgan fingerprint density at radius 1 is 0.857 bits per heavy atom. The van der Waals surface area contributed by atoms with Crippen LogP contribution < -0.4 is 4.74 Å². The van der Waals surface area contributed by atoms with E-state index in [9.17, 15) is 49.1 Å². The van der Waals surface area contributed by atoms with Gasteiger partial charge in [-0.2, -0.15) is 39.5 Å². The molecule has 2 aliphatic carbocycles. The van der Waals surface area contributed by atoms with Gasteiger partial charge < -0.3 is 14.2 Å². The van der Waals surface area contributed by atoms with Crippen LogP contribution in [-0.4, -0.2) is 41.7 Å².